The minimum Gasteiger partial charge on any atom is -0.455 e. The molecule has 0 aliphatic carbocycles. The van der Waals surface area contributed by atoms with Gasteiger partial charge >= 0.3 is 0 Å². The number of hydrogen-bond acceptors (Lipinski definition) is 1. The van der Waals surface area contributed by atoms with E-state index in [-0.39, 0.29) is 7.92 Å². The van der Waals surface area contributed by atoms with Crippen LogP contribution in [0, 0.1) is 0 Å². The molecule has 0 saturated carbocycles. The van der Waals surface area contributed by atoms with E-state index in [1.54, 1.807) is 0 Å². The lowest BCUT2D eigenvalue weighted by Gasteiger charge is -2.11. The molecule has 6 aromatic rings. The average molecular weight is 404 g/mol. The molecule has 0 unspecified atom stereocenters. The fraction of sp³-hybridized carbons (Fsp3) is 0.0714. The fourth-order valence-corrected chi connectivity index (χ4v) is 5.33. The average Bonchev–Trinajstić information content (AvgIpc) is 3.19. The Hall–Kier alpha value is -3.15. The van der Waals surface area contributed by atoms with Crippen molar-refractivity contribution >= 4 is 56.7 Å². The van der Waals surface area contributed by atoms with Crippen LogP contribution in [0.3, 0.4) is 0 Å². The molecule has 0 aliphatic rings. The third kappa shape index (κ3) is 2.59. The molecule has 5 aromatic carbocycles. The zero-order chi connectivity index (χ0) is 20.2. The third-order valence-electron chi connectivity index (χ3n) is 6.03. The number of rotatable bonds is 2. The second-order valence-corrected chi connectivity index (χ2v) is 10.4. The second-order valence-electron chi connectivity index (χ2n) is 8.06. The van der Waals surface area contributed by atoms with E-state index in [2.05, 4.69) is 104 Å². The second kappa shape index (κ2) is 6.69. The van der Waals surface area contributed by atoms with E-state index in [0.717, 1.165) is 11.2 Å². The highest BCUT2D eigenvalue weighted by Crippen LogP contribution is 2.43. The summed E-state index contributed by atoms with van der Waals surface area (Å²) in [6, 6.07) is 32.8. The number of benzene rings is 5. The number of fused-ring (bicyclic) bond motifs is 7. The largest absolute Gasteiger partial charge is 0.455 e. The van der Waals surface area contributed by atoms with Crippen LogP contribution in [0.25, 0.3) is 54.6 Å². The molecule has 1 nitrogen and oxygen atoms in total. The van der Waals surface area contributed by atoms with Crippen LogP contribution in [0.1, 0.15) is 0 Å². The smallest absolute Gasteiger partial charge is 0.143 e. The van der Waals surface area contributed by atoms with Gasteiger partial charge in [-0.05, 0) is 63.9 Å². The Morgan fingerprint density at radius 3 is 2.17 bits per heavy atom. The summed E-state index contributed by atoms with van der Waals surface area (Å²) in [6.45, 7) is 4.61. The van der Waals surface area contributed by atoms with Crippen LogP contribution >= 0.6 is 7.92 Å². The van der Waals surface area contributed by atoms with Crippen molar-refractivity contribution in [3.05, 3.63) is 91.0 Å². The maximum atomic E-state index is 6.56. The first-order valence-corrected chi connectivity index (χ1v) is 12.5. The highest BCUT2D eigenvalue weighted by atomic mass is 31.1. The van der Waals surface area contributed by atoms with Gasteiger partial charge in [0.2, 0.25) is 0 Å². The lowest BCUT2D eigenvalue weighted by atomic mass is 9.95. The van der Waals surface area contributed by atoms with E-state index in [9.17, 15) is 0 Å². The summed E-state index contributed by atoms with van der Waals surface area (Å²) in [5, 5.41) is 8.82. The van der Waals surface area contributed by atoms with Crippen molar-refractivity contribution in [1.82, 2.24) is 0 Å². The third-order valence-corrected chi connectivity index (χ3v) is 7.34. The van der Waals surface area contributed by atoms with Gasteiger partial charge in [-0.25, -0.2) is 0 Å². The van der Waals surface area contributed by atoms with E-state index in [4.69, 9.17) is 4.42 Å². The maximum Gasteiger partial charge on any atom is 0.143 e. The summed E-state index contributed by atoms with van der Waals surface area (Å²) >= 11 is 0. The molecule has 30 heavy (non-hydrogen) atoms. The Bertz CT molecular complexity index is 1570. The zero-order valence-corrected chi connectivity index (χ0v) is 17.9. The van der Waals surface area contributed by atoms with Gasteiger partial charge in [0, 0.05) is 16.3 Å². The van der Waals surface area contributed by atoms with Crippen LogP contribution in [0.4, 0.5) is 0 Å². The summed E-state index contributed by atoms with van der Waals surface area (Å²) in [7, 11) is -0.154. The number of hydrogen-bond donors (Lipinski definition) is 0. The van der Waals surface area contributed by atoms with Crippen molar-refractivity contribution in [3.63, 3.8) is 0 Å². The lowest BCUT2D eigenvalue weighted by molar-refractivity contribution is 0.670. The highest BCUT2D eigenvalue weighted by molar-refractivity contribution is 7.64. The minimum atomic E-state index is -0.154. The Balaban J connectivity index is 1.83. The van der Waals surface area contributed by atoms with Gasteiger partial charge < -0.3 is 4.42 Å². The first kappa shape index (κ1) is 17.7. The van der Waals surface area contributed by atoms with Crippen molar-refractivity contribution in [3.8, 4) is 11.1 Å². The Morgan fingerprint density at radius 1 is 0.633 bits per heavy atom. The van der Waals surface area contributed by atoms with Crippen molar-refractivity contribution in [2.24, 2.45) is 0 Å². The molecule has 0 amide bonds. The summed E-state index contributed by atoms with van der Waals surface area (Å²) in [6.07, 6.45) is 0. The minimum absolute atomic E-state index is 0.154. The van der Waals surface area contributed by atoms with Crippen LogP contribution in [0.15, 0.2) is 95.4 Å². The van der Waals surface area contributed by atoms with Gasteiger partial charge in [-0.15, -0.1) is 0 Å². The number of furan rings is 1. The van der Waals surface area contributed by atoms with Gasteiger partial charge in [0.25, 0.3) is 0 Å². The van der Waals surface area contributed by atoms with Crippen molar-refractivity contribution in [2.45, 2.75) is 0 Å². The Morgan fingerprint density at radius 2 is 1.37 bits per heavy atom. The molecule has 1 aromatic heterocycles. The summed E-state index contributed by atoms with van der Waals surface area (Å²) in [5.41, 5.74) is 4.32. The molecule has 0 atom stereocenters. The zero-order valence-electron chi connectivity index (χ0n) is 17.0. The Kier molecular flexibility index (Phi) is 3.94. The fourth-order valence-electron chi connectivity index (χ4n) is 4.55. The molecule has 0 saturated heterocycles. The van der Waals surface area contributed by atoms with Crippen LogP contribution in [0.2, 0.25) is 0 Å². The van der Waals surface area contributed by atoms with Gasteiger partial charge in [0.15, 0.2) is 0 Å². The molecule has 0 fully saturated rings. The molecule has 2 heteroatoms. The van der Waals surface area contributed by atoms with Gasteiger partial charge in [0.05, 0.1) is 0 Å². The van der Waals surface area contributed by atoms with E-state index in [1.165, 1.54) is 48.7 Å². The van der Waals surface area contributed by atoms with Gasteiger partial charge in [-0.3, -0.25) is 0 Å². The highest BCUT2D eigenvalue weighted by Gasteiger charge is 2.18. The summed E-state index contributed by atoms with van der Waals surface area (Å²) in [4.78, 5) is 0. The standard InChI is InChI=1S/C28H21OP/c1-30(2)21-11-7-10-19(16-21)24-17-20-9-4-6-13-23(20)27-26-22-12-5-3-8-18(22)14-15-25(26)29-28(24)27/h3-17H,1-2H3. The van der Waals surface area contributed by atoms with Crippen LogP contribution < -0.4 is 5.30 Å². The molecule has 0 aliphatic heterocycles. The van der Waals surface area contributed by atoms with E-state index >= 15 is 0 Å². The molecule has 1 heterocycles. The predicted octanol–water partition coefficient (Wildman–Crippen LogP) is 7.93. The molecule has 0 radical (unpaired) electrons. The predicted molar refractivity (Wildman–Crippen MR) is 133 cm³/mol. The first-order valence-electron chi connectivity index (χ1n) is 10.2. The monoisotopic (exact) mass is 404 g/mol. The van der Waals surface area contributed by atoms with Gasteiger partial charge in [-0.1, -0.05) is 80.7 Å². The molecular weight excluding hydrogens is 383 g/mol. The van der Waals surface area contributed by atoms with Crippen molar-refractivity contribution in [1.29, 1.82) is 0 Å². The van der Waals surface area contributed by atoms with Gasteiger partial charge in [0.1, 0.15) is 11.2 Å². The SMILES string of the molecule is CP(C)c1cccc(-c2cc3ccccc3c3c2oc2ccc4ccccc4c23)c1. The molecular formula is C28H21OP. The molecule has 0 N–H and O–H groups in total. The van der Waals surface area contributed by atoms with Crippen LogP contribution in [-0.4, -0.2) is 13.3 Å². The molecule has 6 rings (SSSR count). The Labute approximate surface area is 176 Å². The topological polar surface area (TPSA) is 13.1 Å². The maximum absolute atomic E-state index is 6.56. The van der Waals surface area contributed by atoms with Crippen LogP contribution in [0.5, 0.6) is 0 Å². The van der Waals surface area contributed by atoms with E-state index in [0.29, 0.717) is 0 Å². The molecule has 144 valence electrons. The molecule has 0 bridgehead atoms. The summed E-state index contributed by atoms with van der Waals surface area (Å²) in [5.74, 6) is 0. The van der Waals surface area contributed by atoms with Gasteiger partial charge in [-0.2, -0.15) is 0 Å². The van der Waals surface area contributed by atoms with Crippen molar-refractivity contribution in [2.75, 3.05) is 13.3 Å². The van der Waals surface area contributed by atoms with Crippen LogP contribution in [-0.2, 0) is 0 Å². The normalized spacial score (nSPS) is 12.0. The first-order chi connectivity index (χ1) is 14.7. The summed E-state index contributed by atoms with van der Waals surface area (Å²) < 4.78 is 6.56. The lowest BCUT2D eigenvalue weighted by Crippen LogP contribution is -1.98. The molecule has 0 spiro atoms. The van der Waals surface area contributed by atoms with Crippen molar-refractivity contribution < 1.29 is 4.42 Å². The van der Waals surface area contributed by atoms with E-state index in [1.807, 2.05) is 0 Å². The van der Waals surface area contributed by atoms with E-state index < -0.39 is 0 Å². The quantitative estimate of drug-likeness (QED) is 0.267.